The number of alkyl halides is 3. The molecule has 1 fully saturated rings. The lowest BCUT2D eigenvalue weighted by atomic mass is 9.85. The molecule has 1 heterocycles. The molecule has 10 heteroatoms. The second-order valence-corrected chi connectivity index (χ2v) is 7.98. The Bertz CT molecular complexity index is 511. The highest BCUT2D eigenvalue weighted by molar-refractivity contribution is 14.0. The number of halogens is 4. The van der Waals surface area contributed by atoms with Gasteiger partial charge in [0.1, 0.15) is 4.34 Å². The van der Waals surface area contributed by atoms with Crippen molar-refractivity contribution in [1.29, 1.82) is 0 Å². The van der Waals surface area contributed by atoms with E-state index in [0.29, 0.717) is 12.4 Å². The zero-order valence-electron chi connectivity index (χ0n) is 14.0. The van der Waals surface area contributed by atoms with Crippen molar-refractivity contribution in [1.82, 2.24) is 15.6 Å². The molecule has 0 saturated heterocycles. The monoisotopic (exact) mass is 508 g/mol. The molecule has 1 aromatic heterocycles. The molecular weight excluding hydrogens is 484 g/mol. The molecule has 0 aromatic carbocycles. The molecular formula is C15H24F3IN4S2. The maximum Gasteiger partial charge on any atom is 0.391 e. The second kappa shape index (κ2) is 11.5. The van der Waals surface area contributed by atoms with Crippen LogP contribution in [0, 0.1) is 5.92 Å². The van der Waals surface area contributed by atoms with Crippen molar-refractivity contribution in [2.24, 2.45) is 10.9 Å². The minimum atomic E-state index is -4.09. The SMILES string of the molecule is CN=C(NCCCSc1nccs1)NC1CCCC(C(F)(F)F)C1.I. The lowest BCUT2D eigenvalue weighted by Gasteiger charge is -2.31. The van der Waals surface area contributed by atoms with Crippen LogP contribution in [0.25, 0.3) is 0 Å². The maximum absolute atomic E-state index is 12.9. The number of thioether (sulfide) groups is 1. The van der Waals surface area contributed by atoms with Crippen LogP contribution in [0.4, 0.5) is 13.2 Å². The number of hydrogen-bond donors (Lipinski definition) is 2. The van der Waals surface area contributed by atoms with E-state index in [9.17, 15) is 13.2 Å². The molecule has 0 amide bonds. The predicted octanol–water partition coefficient (Wildman–Crippen LogP) is 4.53. The van der Waals surface area contributed by atoms with Gasteiger partial charge in [0.15, 0.2) is 5.96 Å². The summed E-state index contributed by atoms with van der Waals surface area (Å²) in [6.07, 6.45) is 0.350. The number of nitrogens with zero attached hydrogens (tertiary/aromatic N) is 2. The molecule has 1 aromatic rings. The van der Waals surface area contributed by atoms with Crippen molar-refractivity contribution >= 4 is 53.0 Å². The maximum atomic E-state index is 12.9. The molecule has 1 aliphatic carbocycles. The Morgan fingerprint density at radius 3 is 2.88 bits per heavy atom. The van der Waals surface area contributed by atoms with Gasteiger partial charge >= 0.3 is 6.18 Å². The minimum absolute atomic E-state index is 0. The van der Waals surface area contributed by atoms with Crippen molar-refractivity contribution in [2.75, 3.05) is 19.3 Å². The van der Waals surface area contributed by atoms with Gasteiger partial charge in [-0.05, 0) is 25.7 Å². The Kier molecular flexibility index (Phi) is 10.5. The molecule has 2 unspecified atom stereocenters. The van der Waals surface area contributed by atoms with Crippen LogP contribution in [0.1, 0.15) is 32.1 Å². The summed E-state index contributed by atoms with van der Waals surface area (Å²) in [5.41, 5.74) is 0. The molecule has 0 aliphatic heterocycles. The largest absolute Gasteiger partial charge is 0.391 e. The van der Waals surface area contributed by atoms with Gasteiger partial charge in [-0.3, -0.25) is 4.99 Å². The number of nitrogens with one attached hydrogen (secondary N) is 2. The van der Waals surface area contributed by atoms with Gasteiger partial charge in [0.05, 0.1) is 5.92 Å². The number of rotatable bonds is 6. The first-order valence-electron chi connectivity index (χ1n) is 8.05. The van der Waals surface area contributed by atoms with E-state index in [1.807, 2.05) is 5.38 Å². The first-order chi connectivity index (χ1) is 11.5. The standard InChI is InChI=1S/C15H23F3N4S2.HI/c1-19-13(20-6-3-8-23-14-21-7-9-24-14)22-12-5-2-4-11(10-12)15(16,17)18;/h7,9,11-12H,2-6,8,10H2,1H3,(H2,19,20,22);1H. The van der Waals surface area contributed by atoms with Crippen molar-refractivity contribution < 1.29 is 13.2 Å². The summed E-state index contributed by atoms with van der Waals surface area (Å²) in [4.78, 5) is 8.32. The molecule has 1 saturated carbocycles. The highest BCUT2D eigenvalue weighted by atomic mass is 127. The normalized spacial score (nSPS) is 21.5. The molecule has 2 N–H and O–H groups in total. The van der Waals surface area contributed by atoms with E-state index in [4.69, 9.17) is 0 Å². The third-order valence-corrected chi connectivity index (χ3v) is 6.00. The fourth-order valence-electron chi connectivity index (χ4n) is 2.73. The Morgan fingerprint density at radius 2 is 2.24 bits per heavy atom. The summed E-state index contributed by atoms with van der Waals surface area (Å²) in [6.45, 7) is 0.730. The summed E-state index contributed by atoms with van der Waals surface area (Å²) in [7, 11) is 1.64. The van der Waals surface area contributed by atoms with Gasteiger partial charge in [0.2, 0.25) is 0 Å². The highest BCUT2D eigenvalue weighted by Crippen LogP contribution is 2.37. The predicted molar refractivity (Wildman–Crippen MR) is 109 cm³/mol. The molecule has 2 atom stereocenters. The van der Waals surface area contributed by atoms with E-state index in [0.717, 1.165) is 29.5 Å². The zero-order chi connectivity index (χ0) is 17.4. The van der Waals surface area contributed by atoms with Gasteiger partial charge in [-0.2, -0.15) is 13.2 Å². The van der Waals surface area contributed by atoms with Crippen LogP contribution in [-0.2, 0) is 0 Å². The van der Waals surface area contributed by atoms with Crippen LogP contribution in [0.15, 0.2) is 20.9 Å². The molecule has 0 bridgehead atoms. The number of thiazole rings is 1. The van der Waals surface area contributed by atoms with Crippen molar-refractivity contribution in [3.8, 4) is 0 Å². The van der Waals surface area contributed by atoms with Gasteiger partial charge in [0.25, 0.3) is 0 Å². The van der Waals surface area contributed by atoms with Crippen LogP contribution in [0.3, 0.4) is 0 Å². The number of guanidine groups is 1. The summed E-state index contributed by atoms with van der Waals surface area (Å²) >= 11 is 3.33. The van der Waals surface area contributed by atoms with E-state index in [1.165, 1.54) is 0 Å². The van der Waals surface area contributed by atoms with Crippen molar-refractivity contribution in [2.45, 2.75) is 48.7 Å². The molecule has 2 rings (SSSR count). The van der Waals surface area contributed by atoms with Gasteiger partial charge in [-0.25, -0.2) is 4.98 Å². The van der Waals surface area contributed by atoms with Crippen LogP contribution in [0.2, 0.25) is 0 Å². The fraction of sp³-hybridized carbons (Fsp3) is 0.733. The molecule has 4 nitrogen and oxygen atoms in total. The molecule has 0 spiro atoms. The summed E-state index contributed by atoms with van der Waals surface area (Å²) < 4.78 is 39.6. The number of aliphatic imine (C=N–C) groups is 1. The Hall–Kier alpha value is -0.230. The van der Waals surface area contributed by atoms with E-state index in [1.54, 1.807) is 36.3 Å². The van der Waals surface area contributed by atoms with Crippen molar-refractivity contribution in [3.63, 3.8) is 0 Å². The molecule has 25 heavy (non-hydrogen) atoms. The average molecular weight is 508 g/mol. The smallest absolute Gasteiger partial charge is 0.356 e. The third kappa shape index (κ3) is 8.33. The number of hydrogen-bond acceptors (Lipinski definition) is 4. The number of aromatic nitrogens is 1. The summed E-state index contributed by atoms with van der Waals surface area (Å²) in [5.74, 6) is 0.329. The fourth-order valence-corrected chi connectivity index (χ4v) is 4.37. The van der Waals surface area contributed by atoms with E-state index in [2.05, 4.69) is 20.6 Å². The van der Waals surface area contributed by atoms with E-state index < -0.39 is 12.1 Å². The lowest BCUT2D eigenvalue weighted by molar-refractivity contribution is -0.183. The Labute approximate surface area is 171 Å². The molecule has 144 valence electrons. The van der Waals surface area contributed by atoms with Gasteiger partial charge in [-0.1, -0.05) is 18.2 Å². The molecule has 0 radical (unpaired) electrons. The Balaban J connectivity index is 0.00000312. The van der Waals surface area contributed by atoms with E-state index >= 15 is 0 Å². The van der Waals surface area contributed by atoms with Crippen LogP contribution >= 0.6 is 47.1 Å². The second-order valence-electron chi connectivity index (χ2n) is 5.75. The van der Waals surface area contributed by atoms with Crippen LogP contribution in [-0.4, -0.2) is 42.5 Å². The lowest BCUT2D eigenvalue weighted by Crippen LogP contribution is -2.47. The van der Waals surface area contributed by atoms with Gasteiger partial charge in [0, 0.05) is 37.0 Å². The van der Waals surface area contributed by atoms with Crippen LogP contribution in [0.5, 0.6) is 0 Å². The summed E-state index contributed by atoms with van der Waals surface area (Å²) in [6, 6.07) is -0.165. The van der Waals surface area contributed by atoms with Gasteiger partial charge in [-0.15, -0.1) is 35.3 Å². The Morgan fingerprint density at radius 1 is 1.44 bits per heavy atom. The topological polar surface area (TPSA) is 49.3 Å². The highest BCUT2D eigenvalue weighted by Gasteiger charge is 2.42. The first kappa shape index (κ1) is 22.8. The van der Waals surface area contributed by atoms with Crippen molar-refractivity contribution in [3.05, 3.63) is 11.6 Å². The quantitative estimate of drug-likeness (QED) is 0.195. The third-order valence-electron chi connectivity index (χ3n) is 3.95. The first-order valence-corrected chi connectivity index (χ1v) is 9.91. The zero-order valence-corrected chi connectivity index (χ0v) is 18.0. The van der Waals surface area contributed by atoms with E-state index in [-0.39, 0.29) is 42.9 Å². The summed E-state index contributed by atoms with van der Waals surface area (Å²) in [5, 5.41) is 8.26. The molecule has 1 aliphatic rings. The minimum Gasteiger partial charge on any atom is -0.356 e. The van der Waals surface area contributed by atoms with Gasteiger partial charge < -0.3 is 10.6 Å². The average Bonchev–Trinajstić information content (AvgIpc) is 3.06. The van der Waals surface area contributed by atoms with Crippen LogP contribution < -0.4 is 10.6 Å².